The van der Waals surface area contributed by atoms with Crippen LogP contribution < -0.4 is 15.0 Å². The van der Waals surface area contributed by atoms with E-state index in [0.29, 0.717) is 0 Å². The van der Waals surface area contributed by atoms with Crippen molar-refractivity contribution in [1.82, 2.24) is 15.1 Å². The number of hydrogen-bond donors (Lipinski definition) is 1. The summed E-state index contributed by atoms with van der Waals surface area (Å²) in [6.45, 7) is 7.00. The lowest BCUT2D eigenvalue weighted by molar-refractivity contribution is 0.122. The van der Waals surface area contributed by atoms with Crippen molar-refractivity contribution in [2.24, 2.45) is 7.05 Å². The second-order valence-corrected chi connectivity index (χ2v) is 6.03. The third kappa shape index (κ3) is 3.55. The van der Waals surface area contributed by atoms with E-state index in [0.717, 1.165) is 56.4 Å². The summed E-state index contributed by atoms with van der Waals surface area (Å²) in [7, 11) is 3.72. The van der Waals surface area contributed by atoms with Gasteiger partial charge in [-0.05, 0) is 13.0 Å². The first-order chi connectivity index (χ1) is 11.7. The normalized spacial score (nSPS) is 14.9. The Morgan fingerprint density at radius 1 is 1.21 bits per heavy atom. The maximum Gasteiger partial charge on any atom is 0.131 e. The molecule has 1 fully saturated rings. The number of morpholine rings is 1. The van der Waals surface area contributed by atoms with E-state index >= 15 is 0 Å². The first-order valence-electron chi connectivity index (χ1n) is 8.38. The Balaban J connectivity index is 1.71. The van der Waals surface area contributed by atoms with Gasteiger partial charge in [-0.1, -0.05) is 18.2 Å². The van der Waals surface area contributed by atoms with Crippen LogP contribution in [0.25, 0.3) is 0 Å². The van der Waals surface area contributed by atoms with E-state index in [1.807, 2.05) is 29.9 Å². The Morgan fingerprint density at radius 2 is 1.96 bits per heavy atom. The largest absolute Gasteiger partial charge is 0.496 e. The van der Waals surface area contributed by atoms with Gasteiger partial charge in [0.05, 0.1) is 26.0 Å². The van der Waals surface area contributed by atoms with Gasteiger partial charge in [0.25, 0.3) is 0 Å². The average molecular weight is 330 g/mol. The minimum atomic E-state index is 0.765. The minimum absolute atomic E-state index is 0.765. The molecule has 1 aliphatic heterocycles. The number of methoxy groups -OCH3 is 1. The van der Waals surface area contributed by atoms with Gasteiger partial charge < -0.3 is 19.7 Å². The standard InChI is InChI=1S/C18H26N4O2/c1-14-16(13-19-12-15-6-4-5-7-17(15)23-3)18(21(2)20-14)22-8-10-24-11-9-22/h4-7,19H,8-13H2,1-3H3. The molecule has 0 unspecified atom stereocenters. The predicted octanol–water partition coefficient (Wildman–Crippen LogP) is 1.86. The Morgan fingerprint density at radius 3 is 2.71 bits per heavy atom. The second kappa shape index (κ2) is 7.68. The van der Waals surface area contributed by atoms with Gasteiger partial charge in [-0.25, -0.2) is 0 Å². The monoisotopic (exact) mass is 330 g/mol. The molecular weight excluding hydrogens is 304 g/mol. The Bertz CT molecular complexity index is 678. The first kappa shape index (κ1) is 16.8. The molecule has 1 aromatic heterocycles. The zero-order chi connectivity index (χ0) is 16.9. The van der Waals surface area contributed by atoms with Gasteiger partial charge in [0.15, 0.2) is 0 Å². The molecule has 24 heavy (non-hydrogen) atoms. The molecule has 0 saturated carbocycles. The lowest BCUT2D eigenvalue weighted by Gasteiger charge is -2.29. The topological polar surface area (TPSA) is 51.5 Å². The highest BCUT2D eigenvalue weighted by atomic mass is 16.5. The number of nitrogens with one attached hydrogen (secondary N) is 1. The van der Waals surface area contributed by atoms with Gasteiger partial charge in [0, 0.05) is 44.4 Å². The Hall–Kier alpha value is -2.05. The van der Waals surface area contributed by atoms with E-state index in [4.69, 9.17) is 9.47 Å². The zero-order valence-corrected chi connectivity index (χ0v) is 14.7. The van der Waals surface area contributed by atoms with Crippen LogP contribution in [0.5, 0.6) is 5.75 Å². The quantitative estimate of drug-likeness (QED) is 0.876. The highest BCUT2D eigenvalue weighted by Gasteiger charge is 2.21. The van der Waals surface area contributed by atoms with E-state index in [9.17, 15) is 0 Å². The molecule has 2 aromatic rings. The van der Waals surface area contributed by atoms with Crippen molar-refractivity contribution >= 4 is 5.82 Å². The van der Waals surface area contributed by atoms with Crippen molar-refractivity contribution in [3.63, 3.8) is 0 Å². The second-order valence-electron chi connectivity index (χ2n) is 6.03. The van der Waals surface area contributed by atoms with Crippen LogP contribution >= 0.6 is 0 Å². The smallest absolute Gasteiger partial charge is 0.131 e. The summed E-state index contributed by atoms with van der Waals surface area (Å²) in [5.74, 6) is 2.12. The van der Waals surface area contributed by atoms with Gasteiger partial charge in [0.1, 0.15) is 11.6 Å². The number of rotatable bonds is 6. The van der Waals surface area contributed by atoms with Crippen molar-refractivity contribution in [2.75, 3.05) is 38.3 Å². The fourth-order valence-electron chi connectivity index (χ4n) is 3.24. The molecule has 6 nitrogen and oxygen atoms in total. The molecule has 1 N–H and O–H groups in total. The van der Waals surface area contributed by atoms with Crippen LogP contribution in [0, 0.1) is 6.92 Å². The fraction of sp³-hybridized carbons (Fsp3) is 0.500. The van der Waals surface area contributed by atoms with Gasteiger partial charge in [-0.3, -0.25) is 4.68 Å². The molecule has 1 saturated heterocycles. The first-order valence-corrected chi connectivity index (χ1v) is 8.38. The van der Waals surface area contributed by atoms with Gasteiger partial charge in [-0.15, -0.1) is 0 Å². The molecule has 2 heterocycles. The van der Waals surface area contributed by atoms with Crippen molar-refractivity contribution in [1.29, 1.82) is 0 Å². The molecule has 0 amide bonds. The van der Waals surface area contributed by atoms with E-state index in [2.05, 4.69) is 28.3 Å². The van der Waals surface area contributed by atoms with Crippen LogP contribution in [-0.2, 0) is 24.9 Å². The summed E-state index contributed by atoms with van der Waals surface area (Å²) in [6, 6.07) is 8.11. The number of ether oxygens (including phenoxy) is 2. The van der Waals surface area contributed by atoms with E-state index < -0.39 is 0 Å². The molecule has 6 heteroatoms. The van der Waals surface area contributed by atoms with Crippen LogP contribution in [0.2, 0.25) is 0 Å². The SMILES string of the molecule is COc1ccccc1CNCc1c(C)nn(C)c1N1CCOCC1. The number of hydrogen-bond acceptors (Lipinski definition) is 5. The van der Waals surface area contributed by atoms with Crippen LogP contribution in [0.15, 0.2) is 24.3 Å². The third-order valence-corrected chi connectivity index (χ3v) is 4.43. The van der Waals surface area contributed by atoms with Gasteiger partial charge >= 0.3 is 0 Å². The summed E-state index contributed by atoms with van der Waals surface area (Å²) < 4.78 is 12.9. The van der Waals surface area contributed by atoms with Crippen LogP contribution in [0.3, 0.4) is 0 Å². The molecular formula is C18H26N4O2. The van der Waals surface area contributed by atoms with E-state index in [1.165, 1.54) is 11.4 Å². The highest BCUT2D eigenvalue weighted by molar-refractivity contribution is 5.50. The van der Waals surface area contributed by atoms with Crippen molar-refractivity contribution in [3.05, 3.63) is 41.1 Å². The van der Waals surface area contributed by atoms with Crippen molar-refractivity contribution < 1.29 is 9.47 Å². The van der Waals surface area contributed by atoms with Crippen LogP contribution in [0.4, 0.5) is 5.82 Å². The molecule has 1 aromatic carbocycles. The summed E-state index contributed by atoms with van der Waals surface area (Å²) in [5.41, 5.74) is 3.50. The maximum absolute atomic E-state index is 5.47. The molecule has 0 spiro atoms. The molecule has 0 radical (unpaired) electrons. The summed E-state index contributed by atoms with van der Waals surface area (Å²) in [4.78, 5) is 2.36. The van der Waals surface area contributed by atoms with Gasteiger partial charge in [0.2, 0.25) is 0 Å². The predicted molar refractivity (Wildman–Crippen MR) is 94.5 cm³/mol. The van der Waals surface area contributed by atoms with Crippen LogP contribution in [0.1, 0.15) is 16.8 Å². The lowest BCUT2D eigenvalue weighted by Crippen LogP contribution is -2.38. The number of anilines is 1. The number of benzene rings is 1. The summed E-state index contributed by atoms with van der Waals surface area (Å²) >= 11 is 0. The molecule has 0 bridgehead atoms. The van der Waals surface area contributed by atoms with E-state index in [-0.39, 0.29) is 0 Å². The number of aromatic nitrogens is 2. The summed E-state index contributed by atoms with van der Waals surface area (Å²) in [6.07, 6.45) is 0. The number of aryl methyl sites for hydroxylation is 2. The molecule has 130 valence electrons. The Kier molecular flexibility index (Phi) is 5.37. The molecule has 0 aliphatic carbocycles. The van der Waals surface area contributed by atoms with Crippen molar-refractivity contribution in [2.45, 2.75) is 20.0 Å². The minimum Gasteiger partial charge on any atom is -0.496 e. The van der Waals surface area contributed by atoms with Crippen LogP contribution in [-0.4, -0.2) is 43.2 Å². The summed E-state index contributed by atoms with van der Waals surface area (Å²) in [5, 5.41) is 8.15. The molecule has 3 rings (SSSR count). The highest BCUT2D eigenvalue weighted by Crippen LogP contribution is 2.24. The zero-order valence-electron chi connectivity index (χ0n) is 14.7. The maximum atomic E-state index is 5.47. The molecule has 0 atom stereocenters. The number of para-hydroxylation sites is 1. The fourth-order valence-corrected chi connectivity index (χ4v) is 3.24. The van der Waals surface area contributed by atoms with Gasteiger partial charge in [-0.2, -0.15) is 5.10 Å². The third-order valence-electron chi connectivity index (χ3n) is 4.43. The van der Waals surface area contributed by atoms with Crippen molar-refractivity contribution in [3.8, 4) is 5.75 Å². The number of nitrogens with zero attached hydrogens (tertiary/aromatic N) is 3. The lowest BCUT2D eigenvalue weighted by atomic mass is 10.2. The van der Waals surface area contributed by atoms with E-state index in [1.54, 1.807) is 7.11 Å². The average Bonchev–Trinajstić information content (AvgIpc) is 2.89. The molecule has 1 aliphatic rings. The Labute approximate surface area is 143 Å².